The lowest BCUT2D eigenvalue weighted by Gasteiger charge is -2.15. The first-order valence-corrected chi connectivity index (χ1v) is 7.77. The SMILES string of the molecule is CCCC(CCBr)CNC(=O)c1ccc(Cl)cc1. The Morgan fingerprint density at radius 3 is 2.56 bits per heavy atom. The second kappa shape index (κ2) is 8.54. The van der Waals surface area contributed by atoms with Crippen LogP contribution in [0, 0.1) is 5.92 Å². The van der Waals surface area contributed by atoms with E-state index in [1.807, 2.05) is 0 Å². The Balaban J connectivity index is 2.46. The number of hydrogen-bond acceptors (Lipinski definition) is 1. The average Bonchev–Trinajstić information content (AvgIpc) is 2.37. The van der Waals surface area contributed by atoms with E-state index >= 15 is 0 Å². The van der Waals surface area contributed by atoms with Crippen molar-refractivity contribution >= 4 is 33.4 Å². The number of amides is 1. The van der Waals surface area contributed by atoms with Gasteiger partial charge in [0.25, 0.3) is 5.91 Å². The molecule has 0 aliphatic rings. The molecule has 0 aliphatic carbocycles. The van der Waals surface area contributed by atoms with E-state index in [-0.39, 0.29) is 5.91 Å². The van der Waals surface area contributed by atoms with Gasteiger partial charge < -0.3 is 5.32 Å². The minimum atomic E-state index is -0.0256. The number of rotatable bonds is 7. The Kier molecular flexibility index (Phi) is 7.36. The van der Waals surface area contributed by atoms with E-state index in [0.717, 1.165) is 31.1 Å². The maximum atomic E-state index is 11.9. The van der Waals surface area contributed by atoms with Crippen molar-refractivity contribution in [2.75, 3.05) is 11.9 Å². The summed E-state index contributed by atoms with van der Waals surface area (Å²) in [4.78, 5) is 11.9. The van der Waals surface area contributed by atoms with Crippen molar-refractivity contribution in [3.8, 4) is 0 Å². The number of hydrogen-bond donors (Lipinski definition) is 1. The molecular formula is C14H19BrClNO. The third-order valence-corrected chi connectivity index (χ3v) is 3.58. The van der Waals surface area contributed by atoms with Gasteiger partial charge in [-0.2, -0.15) is 0 Å². The summed E-state index contributed by atoms with van der Waals surface area (Å²) in [6.45, 7) is 2.91. The van der Waals surface area contributed by atoms with Gasteiger partial charge in [-0.3, -0.25) is 4.79 Å². The van der Waals surface area contributed by atoms with Crippen LogP contribution in [0.3, 0.4) is 0 Å². The van der Waals surface area contributed by atoms with Crippen LogP contribution in [-0.4, -0.2) is 17.8 Å². The zero-order valence-corrected chi connectivity index (χ0v) is 12.9. The number of nitrogens with one attached hydrogen (secondary N) is 1. The maximum absolute atomic E-state index is 11.9. The highest BCUT2D eigenvalue weighted by atomic mass is 79.9. The molecule has 0 radical (unpaired) electrons. The molecule has 1 rings (SSSR count). The van der Waals surface area contributed by atoms with E-state index in [4.69, 9.17) is 11.6 Å². The van der Waals surface area contributed by atoms with Crippen LogP contribution in [0.15, 0.2) is 24.3 Å². The topological polar surface area (TPSA) is 29.1 Å². The number of alkyl halides is 1. The van der Waals surface area contributed by atoms with Crippen molar-refractivity contribution in [3.63, 3.8) is 0 Å². The van der Waals surface area contributed by atoms with Crippen LogP contribution in [0.5, 0.6) is 0 Å². The van der Waals surface area contributed by atoms with Crippen molar-refractivity contribution in [2.24, 2.45) is 5.92 Å². The van der Waals surface area contributed by atoms with Gasteiger partial charge in [-0.1, -0.05) is 40.9 Å². The maximum Gasteiger partial charge on any atom is 0.251 e. The van der Waals surface area contributed by atoms with Crippen LogP contribution in [0.2, 0.25) is 5.02 Å². The number of halogens is 2. The molecule has 0 saturated heterocycles. The van der Waals surface area contributed by atoms with Crippen molar-refractivity contribution in [1.29, 1.82) is 0 Å². The molecule has 100 valence electrons. The van der Waals surface area contributed by atoms with Gasteiger partial charge in [0, 0.05) is 22.5 Å². The second-order valence-corrected chi connectivity index (χ2v) is 5.58. The molecule has 1 amide bonds. The molecule has 0 saturated carbocycles. The second-order valence-electron chi connectivity index (χ2n) is 4.35. The van der Waals surface area contributed by atoms with E-state index in [0.29, 0.717) is 16.5 Å². The lowest BCUT2D eigenvalue weighted by molar-refractivity contribution is 0.0946. The van der Waals surface area contributed by atoms with Crippen LogP contribution in [0.1, 0.15) is 36.5 Å². The van der Waals surface area contributed by atoms with Gasteiger partial charge in [0.05, 0.1) is 0 Å². The van der Waals surface area contributed by atoms with E-state index in [9.17, 15) is 4.79 Å². The number of carbonyl (C=O) groups excluding carboxylic acids is 1. The van der Waals surface area contributed by atoms with Crippen molar-refractivity contribution in [2.45, 2.75) is 26.2 Å². The predicted molar refractivity (Wildman–Crippen MR) is 80.6 cm³/mol. The predicted octanol–water partition coefficient (Wildman–Crippen LogP) is 4.27. The van der Waals surface area contributed by atoms with E-state index in [2.05, 4.69) is 28.2 Å². The molecule has 2 nitrogen and oxygen atoms in total. The summed E-state index contributed by atoms with van der Waals surface area (Å²) < 4.78 is 0. The molecule has 1 aromatic rings. The Hall–Kier alpha value is -0.540. The fourth-order valence-electron chi connectivity index (χ4n) is 1.85. The van der Waals surface area contributed by atoms with Crippen LogP contribution < -0.4 is 5.32 Å². The first-order valence-electron chi connectivity index (χ1n) is 6.27. The highest BCUT2D eigenvalue weighted by Gasteiger charge is 2.10. The largest absolute Gasteiger partial charge is 0.352 e. The smallest absolute Gasteiger partial charge is 0.251 e. The van der Waals surface area contributed by atoms with E-state index < -0.39 is 0 Å². The minimum Gasteiger partial charge on any atom is -0.352 e. The lowest BCUT2D eigenvalue weighted by atomic mass is 10.0. The van der Waals surface area contributed by atoms with Gasteiger partial charge in [0.1, 0.15) is 0 Å². The summed E-state index contributed by atoms with van der Waals surface area (Å²) in [6.07, 6.45) is 3.38. The molecule has 1 aromatic carbocycles. The molecule has 4 heteroatoms. The first-order chi connectivity index (χ1) is 8.67. The highest BCUT2D eigenvalue weighted by Crippen LogP contribution is 2.13. The lowest BCUT2D eigenvalue weighted by Crippen LogP contribution is -2.29. The summed E-state index contributed by atoms with van der Waals surface area (Å²) in [5.74, 6) is 0.521. The third kappa shape index (κ3) is 5.40. The van der Waals surface area contributed by atoms with Crippen molar-refractivity contribution in [3.05, 3.63) is 34.9 Å². The molecule has 0 fully saturated rings. The minimum absolute atomic E-state index is 0.0256. The Bertz CT molecular complexity index is 361. The van der Waals surface area contributed by atoms with Crippen LogP contribution in [0.25, 0.3) is 0 Å². The van der Waals surface area contributed by atoms with E-state index in [1.165, 1.54) is 0 Å². The van der Waals surface area contributed by atoms with Gasteiger partial charge >= 0.3 is 0 Å². The molecule has 0 aromatic heterocycles. The fourth-order valence-corrected chi connectivity index (χ4v) is 2.62. The molecule has 1 unspecified atom stereocenters. The summed E-state index contributed by atoms with van der Waals surface area (Å²) in [6, 6.07) is 6.96. The molecule has 18 heavy (non-hydrogen) atoms. The van der Waals surface area contributed by atoms with Crippen LogP contribution >= 0.6 is 27.5 Å². The van der Waals surface area contributed by atoms with Crippen LogP contribution in [-0.2, 0) is 0 Å². The number of carbonyl (C=O) groups is 1. The molecule has 0 spiro atoms. The molecule has 0 heterocycles. The first kappa shape index (κ1) is 15.5. The summed E-state index contributed by atoms with van der Waals surface area (Å²) >= 11 is 9.24. The zero-order valence-electron chi connectivity index (χ0n) is 10.6. The van der Waals surface area contributed by atoms with E-state index in [1.54, 1.807) is 24.3 Å². The van der Waals surface area contributed by atoms with Gasteiger partial charge in [0.15, 0.2) is 0 Å². The highest BCUT2D eigenvalue weighted by molar-refractivity contribution is 9.09. The number of benzene rings is 1. The third-order valence-electron chi connectivity index (χ3n) is 2.87. The van der Waals surface area contributed by atoms with Crippen molar-refractivity contribution in [1.82, 2.24) is 5.32 Å². The van der Waals surface area contributed by atoms with Gasteiger partial charge in [-0.05, 0) is 43.0 Å². The quantitative estimate of drug-likeness (QED) is 0.742. The van der Waals surface area contributed by atoms with Gasteiger partial charge in [0.2, 0.25) is 0 Å². The average molecular weight is 333 g/mol. The normalized spacial score (nSPS) is 12.2. The molecule has 0 aliphatic heterocycles. The monoisotopic (exact) mass is 331 g/mol. The summed E-state index contributed by atoms with van der Waals surface area (Å²) in [7, 11) is 0. The van der Waals surface area contributed by atoms with Gasteiger partial charge in [-0.15, -0.1) is 0 Å². The standard InChI is InChI=1S/C14H19BrClNO/c1-2-3-11(8-9-15)10-17-14(18)12-4-6-13(16)7-5-12/h4-7,11H,2-3,8-10H2,1H3,(H,17,18). The molecular weight excluding hydrogens is 314 g/mol. The van der Waals surface area contributed by atoms with Gasteiger partial charge in [-0.25, -0.2) is 0 Å². The fraction of sp³-hybridized carbons (Fsp3) is 0.500. The Morgan fingerprint density at radius 2 is 2.00 bits per heavy atom. The summed E-state index contributed by atoms with van der Waals surface area (Å²) in [5.41, 5.74) is 0.661. The molecule has 0 bridgehead atoms. The molecule has 1 atom stereocenters. The van der Waals surface area contributed by atoms with Crippen LogP contribution in [0.4, 0.5) is 0 Å². The Labute approximate surface area is 122 Å². The van der Waals surface area contributed by atoms with Crippen molar-refractivity contribution < 1.29 is 4.79 Å². The zero-order chi connectivity index (χ0) is 13.4. The summed E-state index contributed by atoms with van der Waals surface area (Å²) in [5, 5.41) is 4.61. The molecule has 1 N–H and O–H groups in total. The Morgan fingerprint density at radius 1 is 1.33 bits per heavy atom.